The molecule has 1 heterocycles. The first-order chi connectivity index (χ1) is 7.81. The second-order valence-corrected chi connectivity index (χ2v) is 3.65. The normalized spacial score (nSPS) is 19.1. The molecule has 82 valence electrons. The van der Waals surface area contributed by atoms with Gasteiger partial charge in [0.25, 0.3) is 5.91 Å². The number of carbonyl (C=O) groups excluding carboxylic acids is 1. The van der Waals surface area contributed by atoms with E-state index < -0.39 is 0 Å². The van der Waals surface area contributed by atoms with Crippen LogP contribution in [-0.2, 0) is 9.53 Å². The molecule has 1 N–H and O–H groups in total. The fourth-order valence-corrected chi connectivity index (χ4v) is 1.69. The third kappa shape index (κ3) is 2.20. The molecule has 0 aromatic heterocycles. The van der Waals surface area contributed by atoms with Gasteiger partial charge in [0.15, 0.2) is 0 Å². The Morgan fingerprint density at radius 1 is 1.50 bits per heavy atom. The van der Waals surface area contributed by atoms with E-state index in [1.54, 1.807) is 24.3 Å². The quantitative estimate of drug-likeness (QED) is 0.818. The van der Waals surface area contributed by atoms with Crippen LogP contribution >= 0.6 is 0 Å². The van der Waals surface area contributed by atoms with Crippen LogP contribution in [0.2, 0.25) is 0 Å². The number of hydrogen-bond donors (Lipinski definition) is 1. The van der Waals surface area contributed by atoms with Gasteiger partial charge in [-0.2, -0.15) is 5.26 Å². The molecular formula is C12H12N2O2. The summed E-state index contributed by atoms with van der Waals surface area (Å²) in [6.45, 7) is 0.637. The largest absolute Gasteiger partial charge is 0.368 e. The Bertz CT molecular complexity index is 431. The summed E-state index contributed by atoms with van der Waals surface area (Å²) in [6.07, 6.45) is 1.30. The second kappa shape index (κ2) is 4.77. The average molecular weight is 216 g/mol. The van der Waals surface area contributed by atoms with E-state index in [-0.39, 0.29) is 12.0 Å². The van der Waals surface area contributed by atoms with Gasteiger partial charge in [-0.1, -0.05) is 12.1 Å². The lowest BCUT2D eigenvalue weighted by atomic mass is 10.1. The summed E-state index contributed by atoms with van der Waals surface area (Å²) in [5, 5.41) is 11.6. The Balaban J connectivity index is 2.08. The van der Waals surface area contributed by atoms with Crippen LogP contribution in [0.3, 0.4) is 0 Å². The van der Waals surface area contributed by atoms with Crippen molar-refractivity contribution in [2.75, 3.05) is 11.9 Å². The summed E-state index contributed by atoms with van der Waals surface area (Å²) in [4.78, 5) is 11.7. The Labute approximate surface area is 93.8 Å². The van der Waals surface area contributed by atoms with Crippen LogP contribution in [0.4, 0.5) is 5.69 Å². The van der Waals surface area contributed by atoms with Crippen LogP contribution in [0.25, 0.3) is 0 Å². The van der Waals surface area contributed by atoms with Crippen molar-refractivity contribution in [3.63, 3.8) is 0 Å². The van der Waals surface area contributed by atoms with Crippen LogP contribution in [0.15, 0.2) is 24.3 Å². The second-order valence-electron chi connectivity index (χ2n) is 3.65. The molecule has 4 nitrogen and oxygen atoms in total. The molecule has 0 saturated carbocycles. The van der Waals surface area contributed by atoms with Gasteiger partial charge in [-0.15, -0.1) is 0 Å². The van der Waals surface area contributed by atoms with E-state index in [1.165, 1.54) is 0 Å². The lowest BCUT2D eigenvalue weighted by molar-refractivity contribution is -0.124. The monoisotopic (exact) mass is 216 g/mol. The van der Waals surface area contributed by atoms with Crippen molar-refractivity contribution in [3.05, 3.63) is 29.8 Å². The van der Waals surface area contributed by atoms with Crippen LogP contribution in [0.5, 0.6) is 0 Å². The SMILES string of the molecule is N#Cc1ccccc1NC(=O)[C@H]1CCCO1. The Morgan fingerprint density at radius 2 is 2.31 bits per heavy atom. The number of para-hydroxylation sites is 1. The molecular weight excluding hydrogens is 204 g/mol. The van der Waals surface area contributed by atoms with Gasteiger partial charge in [-0.05, 0) is 25.0 Å². The molecule has 4 heteroatoms. The summed E-state index contributed by atoms with van der Waals surface area (Å²) in [7, 11) is 0. The molecule has 1 aliphatic rings. The molecule has 1 fully saturated rings. The molecule has 1 aromatic carbocycles. The molecule has 0 radical (unpaired) electrons. The number of nitrogens with one attached hydrogen (secondary N) is 1. The fourth-order valence-electron chi connectivity index (χ4n) is 1.69. The van der Waals surface area contributed by atoms with E-state index >= 15 is 0 Å². The van der Waals surface area contributed by atoms with Crippen molar-refractivity contribution in [2.24, 2.45) is 0 Å². The minimum Gasteiger partial charge on any atom is -0.368 e. The summed E-state index contributed by atoms with van der Waals surface area (Å²) >= 11 is 0. The van der Waals surface area contributed by atoms with Gasteiger partial charge >= 0.3 is 0 Å². The number of carbonyl (C=O) groups is 1. The van der Waals surface area contributed by atoms with Crippen LogP contribution < -0.4 is 5.32 Å². The zero-order valence-corrected chi connectivity index (χ0v) is 8.77. The smallest absolute Gasteiger partial charge is 0.253 e. The van der Waals surface area contributed by atoms with Crippen molar-refractivity contribution in [1.29, 1.82) is 5.26 Å². The Kier molecular flexibility index (Phi) is 3.18. The van der Waals surface area contributed by atoms with Crippen molar-refractivity contribution >= 4 is 11.6 Å². The van der Waals surface area contributed by atoms with Crippen LogP contribution in [0, 0.1) is 11.3 Å². The van der Waals surface area contributed by atoms with Gasteiger partial charge in [0, 0.05) is 6.61 Å². The van der Waals surface area contributed by atoms with E-state index in [2.05, 4.69) is 5.32 Å². The van der Waals surface area contributed by atoms with Crippen molar-refractivity contribution in [3.8, 4) is 6.07 Å². The Morgan fingerprint density at radius 3 is 3.00 bits per heavy atom. The number of benzene rings is 1. The standard InChI is InChI=1S/C12H12N2O2/c13-8-9-4-1-2-5-10(9)14-12(15)11-6-3-7-16-11/h1-2,4-5,11H,3,6-7H2,(H,14,15)/t11-/m1/s1. The van der Waals surface area contributed by atoms with Crippen molar-refractivity contribution in [1.82, 2.24) is 0 Å². The highest BCUT2D eigenvalue weighted by atomic mass is 16.5. The zero-order valence-electron chi connectivity index (χ0n) is 8.77. The highest BCUT2D eigenvalue weighted by Crippen LogP contribution is 2.17. The lowest BCUT2D eigenvalue weighted by Gasteiger charge is -2.11. The van der Waals surface area contributed by atoms with Gasteiger partial charge in [0.05, 0.1) is 11.3 Å². The van der Waals surface area contributed by atoms with E-state index in [4.69, 9.17) is 10.00 Å². The van der Waals surface area contributed by atoms with Gasteiger partial charge < -0.3 is 10.1 Å². The predicted molar refractivity (Wildman–Crippen MR) is 58.8 cm³/mol. The third-order valence-corrected chi connectivity index (χ3v) is 2.53. The highest BCUT2D eigenvalue weighted by molar-refractivity contribution is 5.95. The zero-order chi connectivity index (χ0) is 11.4. The Hall–Kier alpha value is -1.86. The maximum Gasteiger partial charge on any atom is 0.253 e. The summed E-state index contributed by atoms with van der Waals surface area (Å²) in [6, 6.07) is 8.97. The predicted octanol–water partition coefficient (Wildman–Crippen LogP) is 1.68. The first-order valence-corrected chi connectivity index (χ1v) is 5.23. The molecule has 0 spiro atoms. The number of anilines is 1. The number of nitriles is 1. The number of rotatable bonds is 2. The molecule has 1 aliphatic heterocycles. The molecule has 2 rings (SSSR count). The van der Waals surface area contributed by atoms with Gasteiger partial charge in [-0.3, -0.25) is 4.79 Å². The molecule has 1 saturated heterocycles. The van der Waals surface area contributed by atoms with Gasteiger partial charge in [-0.25, -0.2) is 0 Å². The van der Waals surface area contributed by atoms with E-state index in [1.807, 2.05) is 6.07 Å². The van der Waals surface area contributed by atoms with Gasteiger partial charge in [0.2, 0.25) is 0 Å². The van der Waals surface area contributed by atoms with E-state index in [9.17, 15) is 4.79 Å². The summed E-state index contributed by atoms with van der Waals surface area (Å²) in [5.41, 5.74) is 1.01. The number of amides is 1. The topological polar surface area (TPSA) is 62.1 Å². The first-order valence-electron chi connectivity index (χ1n) is 5.23. The molecule has 1 aromatic rings. The van der Waals surface area contributed by atoms with Crippen molar-refractivity contribution in [2.45, 2.75) is 18.9 Å². The molecule has 0 bridgehead atoms. The number of ether oxygens (including phenoxy) is 1. The third-order valence-electron chi connectivity index (χ3n) is 2.53. The van der Waals surface area contributed by atoms with Gasteiger partial charge in [0.1, 0.15) is 12.2 Å². The van der Waals surface area contributed by atoms with E-state index in [0.29, 0.717) is 17.9 Å². The molecule has 0 aliphatic carbocycles. The van der Waals surface area contributed by atoms with Crippen LogP contribution in [-0.4, -0.2) is 18.6 Å². The minimum atomic E-state index is -0.369. The number of hydrogen-bond acceptors (Lipinski definition) is 3. The van der Waals surface area contributed by atoms with Crippen LogP contribution in [0.1, 0.15) is 18.4 Å². The highest BCUT2D eigenvalue weighted by Gasteiger charge is 2.23. The summed E-state index contributed by atoms with van der Waals surface area (Å²) < 4.78 is 5.27. The lowest BCUT2D eigenvalue weighted by Crippen LogP contribution is -2.27. The minimum absolute atomic E-state index is 0.166. The first kappa shape index (κ1) is 10.7. The van der Waals surface area contributed by atoms with E-state index in [0.717, 1.165) is 12.8 Å². The molecule has 16 heavy (non-hydrogen) atoms. The molecule has 1 amide bonds. The fraction of sp³-hybridized carbons (Fsp3) is 0.333. The summed E-state index contributed by atoms with van der Waals surface area (Å²) in [5.74, 6) is -0.166. The molecule has 1 atom stereocenters. The van der Waals surface area contributed by atoms with Crippen molar-refractivity contribution < 1.29 is 9.53 Å². The number of nitrogens with zero attached hydrogens (tertiary/aromatic N) is 1. The maximum absolute atomic E-state index is 11.7. The average Bonchev–Trinajstić information content (AvgIpc) is 2.83. The maximum atomic E-state index is 11.7. The molecule has 0 unspecified atom stereocenters.